The van der Waals surface area contributed by atoms with Gasteiger partial charge in [0.25, 0.3) is 0 Å². The second-order valence-electron chi connectivity index (χ2n) is 4.28. The number of ether oxygens (including phenoxy) is 1. The van der Waals surface area contributed by atoms with Crippen molar-refractivity contribution in [2.45, 2.75) is 45.1 Å². The maximum atomic E-state index is 11.5. The highest BCUT2D eigenvalue weighted by atomic mass is 16.5. The normalized spacial score (nSPS) is 22.1. The highest BCUT2D eigenvalue weighted by Crippen LogP contribution is 2.38. The molecular formula is C11H21NO3. The van der Waals surface area contributed by atoms with Crippen LogP contribution >= 0.6 is 0 Å². The number of esters is 1. The van der Waals surface area contributed by atoms with Crippen LogP contribution in [0.1, 0.15) is 39.0 Å². The first-order chi connectivity index (χ1) is 7.16. The van der Waals surface area contributed by atoms with Crippen LogP contribution in [0.25, 0.3) is 0 Å². The molecule has 1 rings (SSSR count). The molecule has 3 N–H and O–H groups in total. The smallest absolute Gasteiger partial charge is 0.335 e. The Morgan fingerprint density at radius 1 is 1.47 bits per heavy atom. The molecule has 1 aliphatic carbocycles. The molecule has 0 aliphatic heterocycles. The van der Waals surface area contributed by atoms with E-state index in [0.717, 1.165) is 32.1 Å². The highest BCUT2D eigenvalue weighted by molar-refractivity contribution is 5.75. The molecule has 0 amide bonds. The molecule has 0 saturated heterocycles. The zero-order chi connectivity index (χ0) is 11.3. The molecule has 0 spiro atoms. The predicted octanol–water partition coefficient (Wildman–Crippen LogP) is 0.820. The lowest BCUT2D eigenvalue weighted by Gasteiger charge is -2.38. The summed E-state index contributed by atoms with van der Waals surface area (Å²) in [6.45, 7) is 2.39. The summed E-state index contributed by atoms with van der Waals surface area (Å²) >= 11 is 0. The van der Waals surface area contributed by atoms with Crippen molar-refractivity contribution in [3.63, 3.8) is 0 Å². The molecule has 1 saturated carbocycles. The minimum atomic E-state index is -1.05. The number of carbonyl (C=O) groups is 1. The van der Waals surface area contributed by atoms with Crippen molar-refractivity contribution < 1.29 is 14.6 Å². The van der Waals surface area contributed by atoms with Gasteiger partial charge in [-0.05, 0) is 19.8 Å². The van der Waals surface area contributed by atoms with Crippen LogP contribution in [0.4, 0.5) is 0 Å². The molecule has 4 heteroatoms. The summed E-state index contributed by atoms with van der Waals surface area (Å²) < 4.78 is 4.84. The fraction of sp³-hybridized carbons (Fsp3) is 0.909. The number of nitrogens with two attached hydrogens (primary N) is 1. The number of hydrogen-bond acceptors (Lipinski definition) is 4. The Morgan fingerprint density at radius 2 is 2.07 bits per heavy atom. The number of hydrogen-bond donors (Lipinski definition) is 2. The summed E-state index contributed by atoms with van der Waals surface area (Å²) in [5, 5.41) is 9.97. The number of carbonyl (C=O) groups excluding carboxylic acids is 1. The molecular weight excluding hydrogens is 194 g/mol. The number of aliphatic hydroxyl groups excluding tert-OH is 1. The SMILES string of the molecule is CCOC(=O)C(O)C1(CN)CCCCC1. The zero-order valence-electron chi connectivity index (χ0n) is 9.37. The first-order valence-electron chi connectivity index (χ1n) is 5.71. The lowest BCUT2D eigenvalue weighted by Crippen LogP contribution is -2.48. The third-order valence-corrected chi connectivity index (χ3v) is 3.35. The summed E-state index contributed by atoms with van der Waals surface area (Å²) in [4.78, 5) is 11.5. The van der Waals surface area contributed by atoms with Gasteiger partial charge in [-0.25, -0.2) is 4.79 Å². The number of aliphatic hydroxyl groups is 1. The van der Waals surface area contributed by atoms with Gasteiger partial charge in [0.15, 0.2) is 6.10 Å². The lowest BCUT2D eigenvalue weighted by atomic mass is 9.70. The Labute approximate surface area is 90.8 Å². The molecule has 0 aromatic heterocycles. The van der Waals surface area contributed by atoms with Crippen molar-refractivity contribution in [2.24, 2.45) is 11.1 Å². The fourth-order valence-corrected chi connectivity index (χ4v) is 2.32. The second-order valence-corrected chi connectivity index (χ2v) is 4.28. The lowest BCUT2D eigenvalue weighted by molar-refractivity contribution is -0.162. The third-order valence-electron chi connectivity index (χ3n) is 3.35. The summed E-state index contributed by atoms with van der Waals surface area (Å²) in [7, 11) is 0. The van der Waals surface area contributed by atoms with E-state index >= 15 is 0 Å². The van der Waals surface area contributed by atoms with Crippen LogP contribution in [-0.4, -0.2) is 30.3 Å². The molecule has 0 aromatic carbocycles. The zero-order valence-corrected chi connectivity index (χ0v) is 9.37. The maximum absolute atomic E-state index is 11.5. The molecule has 0 radical (unpaired) electrons. The van der Waals surface area contributed by atoms with E-state index < -0.39 is 17.5 Å². The fourth-order valence-electron chi connectivity index (χ4n) is 2.32. The van der Waals surface area contributed by atoms with Crippen LogP contribution in [0.5, 0.6) is 0 Å². The van der Waals surface area contributed by atoms with Crippen LogP contribution in [0, 0.1) is 5.41 Å². The van der Waals surface area contributed by atoms with Gasteiger partial charge in [0, 0.05) is 12.0 Å². The molecule has 1 fully saturated rings. The van der Waals surface area contributed by atoms with E-state index in [1.807, 2.05) is 0 Å². The van der Waals surface area contributed by atoms with Gasteiger partial charge in [-0.2, -0.15) is 0 Å². The van der Waals surface area contributed by atoms with Gasteiger partial charge < -0.3 is 15.6 Å². The monoisotopic (exact) mass is 215 g/mol. The molecule has 0 heterocycles. The van der Waals surface area contributed by atoms with Gasteiger partial charge in [-0.15, -0.1) is 0 Å². The van der Waals surface area contributed by atoms with Gasteiger partial charge in [-0.3, -0.25) is 0 Å². The van der Waals surface area contributed by atoms with E-state index in [0.29, 0.717) is 13.2 Å². The number of rotatable bonds is 4. The van der Waals surface area contributed by atoms with Gasteiger partial charge in [0.2, 0.25) is 0 Å². The van der Waals surface area contributed by atoms with Crippen LogP contribution in [0.2, 0.25) is 0 Å². The molecule has 1 atom stereocenters. The van der Waals surface area contributed by atoms with E-state index in [9.17, 15) is 9.90 Å². The van der Waals surface area contributed by atoms with E-state index in [4.69, 9.17) is 10.5 Å². The van der Waals surface area contributed by atoms with Crippen LogP contribution < -0.4 is 5.73 Å². The van der Waals surface area contributed by atoms with Crippen molar-refractivity contribution in [1.29, 1.82) is 0 Å². The largest absolute Gasteiger partial charge is 0.464 e. The first kappa shape index (κ1) is 12.5. The summed E-state index contributed by atoms with van der Waals surface area (Å²) in [5.74, 6) is -0.523. The second kappa shape index (κ2) is 5.47. The predicted molar refractivity (Wildman–Crippen MR) is 57.2 cm³/mol. The van der Waals surface area contributed by atoms with Gasteiger partial charge in [0.05, 0.1) is 6.61 Å². The maximum Gasteiger partial charge on any atom is 0.335 e. The summed E-state index contributed by atoms with van der Waals surface area (Å²) in [6.07, 6.45) is 3.83. The molecule has 15 heavy (non-hydrogen) atoms. The Kier molecular flexibility index (Phi) is 4.54. The van der Waals surface area contributed by atoms with E-state index in [-0.39, 0.29) is 0 Å². The van der Waals surface area contributed by atoms with Crippen molar-refractivity contribution in [2.75, 3.05) is 13.2 Å². The van der Waals surface area contributed by atoms with Crippen molar-refractivity contribution in [3.8, 4) is 0 Å². The van der Waals surface area contributed by atoms with Gasteiger partial charge >= 0.3 is 5.97 Å². The van der Waals surface area contributed by atoms with Crippen molar-refractivity contribution in [3.05, 3.63) is 0 Å². The van der Waals surface area contributed by atoms with Gasteiger partial charge in [-0.1, -0.05) is 19.3 Å². The third kappa shape index (κ3) is 2.69. The molecule has 4 nitrogen and oxygen atoms in total. The minimum Gasteiger partial charge on any atom is -0.464 e. The van der Waals surface area contributed by atoms with Gasteiger partial charge in [0.1, 0.15) is 0 Å². The standard InChI is InChI=1S/C11H21NO3/c1-2-15-10(14)9(13)11(8-12)6-4-3-5-7-11/h9,13H,2-8,12H2,1H3. The van der Waals surface area contributed by atoms with E-state index in [1.165, 1.54) is 0 Å². The molecule has 88 valence electrons. The topological polar surface area (TPSA) is 72.5 Å². The average molecular weight is 215 g/mol. The molecule has 0 aromatic rings. The Bertz CT molecular complexity index is 212. The molecule has 1 unspecified atom stereocenters. The first-order valence-corrected chi connectivity index (χ1v) is 5.71. The Balaban J connectivity index is 2.66. The highest BCUT2D eigenvalue weighted by Gasteiger charge is 2.42. The Hall–Kier alpha value is -0.610. The summed E-state index contributed by atoms with van der Waals surface area (Å²) in [6, 6.07) is 0. The Morgan fingerprint density at radius 3 is 2.53 bits per heavy atom. The van der Waals surface area contributed by atoms with Crippen molar-refractivity contribution >= 4 is 5.97 Å². The quantitative estimate of drug-likeness (QED) is 0.681. The molecule has 1 aliphatic rings. The molecule has 0 bridgehead atoms. The van der Waals surface area contributed by atoms with Crippen molar-refractivity contribution in [1.82, 2.24) is 0 Å². The van der Waals surface area contributed by atoms with Crippen LogP contribution in [-0.2, 0) is 9.53 Å². The van der Waals surface area contributed by atoms with Crippen LogP contribution in [0.3, 0.4) is 0 Å². The van der Waals surface area contributed by atoms with E-state index in [1.54, 1.807) is 6.92 Å². The average Bonchev–Trinajstić information content (AvgIpc) is 2.29. The summed E-state index contributed by atoms with van der Waals surface area (Å²) in [5.41, 5.74) is 5.27. The minimum absolute atomic E-state index is 0.302. The van der Waals surface area contributed by atoms with Crippen LogP contribution in [0.15, 0.2) is 0 Å². The van der Waals surface area contributed by atoms with E-state index in [2.05, 4.69) is 0 Å².